The molecule has 0 atom stereocenters. The fourth-order valence-electron chi connectivity index (χ4n) is 5.29. The molecule has 2 saturated carbocycles. The molecule has 0 N–H and O–H groups in total. The van der Waals surface area contributed by atoms with Crippen LogP contribution in [0.4, 0.5) is 0 Å². The molecule has 1 saturated heterocycles. The molecule has 0 aromatic carbocycles. The van der Waals surface area contributed by atoms with E-state index in [0.717, 1.165) is 43.8 Å². The molecule has 2 aliphatic carbocycles. The molecule has 0 aromatic heterocycles. The van der Waals surface area contributed by atoms with E-state index in [9.17, 15) is 0 Å². The van der Waals surface area contributed by atoms with Gasteiger partial charge in [-0.2, -0.15) is 0 Å². The predicted octanol–water partition coefficient (Wildman–Crippen LogP) is 6.72. The molecular weight excluding hydrogens is 308 g/mol. The zero-order valence-electron chi connectivity index (χ0n) is 17.2. The van der Waals surface area contributed by atoms with E-state index in [4.69, 9.17) is 9.47 Å². The van der Waals surface area contributed by atoms with Gasteiger partial charge >= 0.3 is 0 Å². The second-order valence-electron chi connectivity index (χ2n) is 10.2. The average molecular weight is 351 g/mol. The van der Waals surface area contributed by atoms with E-state index in [1.54, 1.807) is 0 Å². The summed E-state index contributed by atoms with van der Waals surface area (Å²) in [5.74, 6) is 2.76. The Bertz CT molecular complexity index is 375. The standard InChI is InChI=1S/C23H42O2/c1-4-5-6-7-19-8-10-20(11-9-19)16-21-12-14-23(15-13-21)24-17-22(2,3)18-25-23/h19-21H,4-18H2,1-3H3. The largest absolute Gasteiger partial charge is 0.349 e. The van der Waals surface area contributed by atoms with Crippen LogP contribution in [0.1, 0.15) is 104 Å². The van der Waals surface area contributed by atoms with Gasteiger partial charge in [0.2, 0.25) is 0 Å². The van der Waals surface area contributed by atoms with Crippen molar-refractivity contribution in [1.29, 1.82) is 0 Å². The molecule has 0 unspecified atom stereocenters. The highest BCUT2D eigenvalue weighted by molar-refractivity contribution is 4.86. The van der Waals surface area contributed by atoms with Crippen molar-refractivity contribution < 1.29 is 9.47 Å². The van der Waals surface area contributed by atoms with Crippen LogP contribution >= 0.6 is 0 Å². The Balaban J connectivity index is 1.33. The van der Waals surface area contributed by atoms with E-state index < -0.39 is 0 Å². The van der Waals surface area contributed by atoms with E-state index in [0.29, 0.717) is 0 Å². The highest BCUT2D eigenvalue weighted by Crippen LogP contribution is 2.44. The summed E-state index contributed by atoms with van der Waals surface area (Å²) in [6, 6.07) is 0. The van der Waals surface area contributed by atoms with Gasteiger partial charge in [0.15, 0.2) is 5.79 Å². The maximum absolute atomic E-state index is 6.20. The van der Waals surface area contributed by atoms with Crippen LogP contribution in [0.15, 0.2) is 0 Å². The lowest BCUT2D eigenvalue weighted by atomic mass is 9.73. The van der Waals surface area contributed by atoms with Crippen molar-refractivity contribution >= 4 is 0 Å². The fraction of sp³-hybridized carbons (Fsp3) is 1.00. The van der Waals surface area contributed by atoms with Gasteiger partial charge in [-0.1, -0.05) is 72.1 Å². The smallest absolute Gasteiger partial charge is 0.168 e. The summed E-state index contributed by atoms with van der Waals surface area (Å²) in [5, 5.41) is 0. The molecule has 25 heavy (non-hydrogen) atoms. The SMILES string of the molecule is CCCCCC1CCC(CC2CCC3(CC2)OCC(C)(C)CO3)CC1. The van der Waals surface area contributed by atoms with Crippen LogP contribution in [-0.4, -0.2) is 19.0 Å². The summed E-state index contributed by atoms with van der Waals surface area (Å²) in [4.78, 5) is 0. The van der Waals surface area contributed by atoms with E-state index in [-0.39, 0.29) is 11.2 Å². The quantitative estimate of drug-likeness (QED) is 0.495. The van der Waals surface area contributed by atoms with Crippen LogP contribution < -0.4 is 0 Å². The number of hydrogen-bond donors (Lipinski definition) is 0. The lowest BCUT2D eigenvalue weighted by Gasteiger charge is -2.47. The van der Waals surface area contributed by atoms with Gasteiger partial charge in [-0.05, 0) is 37.0 Å². The Morgan fingerprint density at radius 2 is 1.32 bits per heavy atom. The predicted molar refractivity (Wildman–Crippen MR) is 105 cm³/mol. The molecule has 3 aliphatic rings. The minimum atomic E-state index is -0.219. The number of ether oxygens (including phenoxy) is 2. The molecule has 3 fully saturated rings. The number of hydrogen-bond acceptors (Lipinski definition) is 2. The zero-order valence-corrected chi connectivity index (χ0v) is 17.2. The third-order valence-corrected chi connectivity index (χ3v) is 7.17. The van der Waals surface area contributed by atoms with Crippen LogP contribution in [0.3, 0.4) is 0 Å². The van der Waals surface area contributed by atoms with Gasteiger partial charge in [0.1, 0.15) is 0 Å². The van der Waals surface area contributed by atoms with E-state index in [1.165, 1.54) is 70.6 Å². The first-order valence-electron chi connectivity index (χ1n) is 11.3. The van der Waals surface area contributed by atoms with Gasteiger partial charge < -0.3 is 9.47 Å². The van der Waals surface area contributed by atoms with Crippen LogP contribution in [0.25, 0.3) is 0 Å². The molecule has 0 radical (unpaired) electrons. The minimum Gasteiger partial charge on any atom is -0.349 e. The normalized spacial score (nSPS) is 32.8. The second-order valence-corrected chi connectivity index (χ2v) is 10.2. The molecule has 0 aromatic rings. The molecule has 2 nitrogen and oxygen atoms in total. The maximum atomic E-state index is 6.20. The second kappa shape index (κ2) is 8.74. The molecule has 1 spiro atoms. The molecule has 1 heterocycles. The molecule has 2 heteroatoms. The molecule has 146 valence electrons. The first kappa shape index (κ1) is 19.7. The van der Waals surface area contributed by atoms with Crippen molar-refractivity contribution in [1.82, 2.24) is 0 Å². The summed E-state index contributed by atoms with van der Waals surface area (Å²) in [6.07, 6.45) is 18.1. The van der Waals surface area contributed by atoms with Gasteiger partial charge in [0.25, 0.3) is 0 Å². The summed E-state index contributed by atoms with van der Waals surface area (Å²) in [5.41, 5.74) is 0.192. The Morgan fingerprint density at radius 3 is 1.92 bits per heavy atom. The van der Waals surface area contributed by atoms with E-state index in [2.05, 4.69) is 20.8 Å². The highest BCUT2D eigenvalue weighted by atomic mass is 16.7. The number of rotatable bonds is 6. The molecule has 1 aliphatic heterocycles. The van der Waals surface area contributed by atoms with Crippen molar-refractivity contribution in [2.45, 2.75) is 110 Å². The van der Waals surface area contributed by atoms with Gasteiger partial charge in [-0.25, -0.2) is 0 Å². The summed E-state index contributed by atoms with van der Waals surface area (Å²) < 4.78 is 12.4. The lowest BCUT2D eigenvalue weighted by Crippen LogP contribution is -2.49. The van der Waals surface area contributed by atoms with Gasteiger partial charge in [0, 0.05) is 18.3 Å². The monoisotopic (exact) mass is 350 g/mol. The highest BCUT2D eigenvalue weighted by Gasteiger charge is 2.43. The lowest BCUT2D eigenvalue weighted by molar-refractivity contribution is -0.312. The van der Waals surface area contributed by atoms with E-state index >= 15 is 0 Å². The third-order valence-electron chi connectivity index (χ3n) is 7.17. The Hall–Kier alpha value is -0.0800. The number of unbranched alkanes of at least 4 members (excludes halogenated alkanes) is 2. The van der Waals surface area contributed by atoms with Crippen LogP contribution in [0, 0.1) is 23.2 Å². The summed E-state index contributed by atoms with van der Waals surface area (Å²) in [6.45, 7) is 8.52. The van der Waals surface area contributed by atoms with Gasteiger partial charge in [-0.15, -0.1) is 0 Å². The van der Waals surface area contributed by atoms with Crippen molar-refractivity contribution in [2.75, 3.05) is 13.2 Å². The molecular formula is C23H42O2. The van der Waals surface area contributed by atoms with Crippen LogP contribution in [0.2, 0.25) is 0 Å². The van der Waals surface area contributed by atoms with Crippen molar-refractivity contribution in [2.24, 2.45) is 23.2 Å². The zero-order chi connectivity index (χ0) is 17.8. The summed E-state index contributed by atoms with van der Waals surface area (Å²) >= 11 is 0. The molecule has 3 rings (SSSR count). The molecule has 0 amide bonds. The Kier molecular flexibility index (Phi) is 6.88. The van der Waals surface area contributed by atoms with E-state index in [1.807, 2.05) is 0 Å². The fourth-order valence-corrected chi connectivity index (χ4v) is 5.29. The average Bonchev–Trinajstić information content (AvgIpc) is 2.62. The minimum absolute atomic E-state index is 0.192. The topological polar surface area (TPSA) is 18.5 Å². The third kappa shape index (κ3) is 5.70. The van der Waals surface area contributed by atoms with Crippen LogP contribution in [0.5, 0.6) is 0 Å². The first-order chi connectivity index (χ1) is 12.0. The van der Waals surface area contributed by atoms with Gasteiger partial charge in [0.05, 0.1) is 13.2 Å². The summed E-state index contributed by atoms with van der Waals surface area (Å²) in [7, 11) is 0. The Morgan fingerprint density at radius 1 is 0.760 bits per heavy atom. The van der Waals surface area contributed by atoms with Crippen molar-refractivity contribution in [3.05, 3.63) is 0 Å². The molecule has 0 bridgehead atoms. The van der Waals surface area contributed by atoms with Crippen molar-refractivity contribution in [3.8, 4) is 0 Å². The Labute approximate surface area is 156 Å². The van der Waals surface area contributed by atoms with Gasteiger partial charge in [-0.3, -0.25) is 0 Å². The van der Waals surface area contributed by atoms with Crippen LogP contribution in [-0.2, 0) is 9.47 Å². The van der Waals surface area contributed by atoms with Crippen molar-refractivity contribution in [3.63, 3.8) is 0 Å². The maximum Gasteiger partial charge on any atom is 0.168 e. The first-order valence-corrected chi connectivity index (χ1v) is 11.3.